The summed E-state index contributed by atoms with van der Waals surface area (Å²) in [5.41, 5.74) is 6.36. The predicted molar refractivity (Wildman–Crippen MR) is 285 cm³/mol. The largest absolute Gasteiger partial charge is 0.457 e. The first kappa shape index (κ1) is 43.9. The Labute approximate surface area is 410 Å². The SMILES string of the molecule is c1ccc(Sc2ccc(N(c3ccc(Oc4ccc(N(c5ccc(Sc6ccccc6)cc5)c5ccc(Sc6ccccc6)cc5)cc4)cc3)c3ccc(Sc4ccccc4)cc3)cc2)cc1. The van der Waals surface area contributed by atoms with E-state index in [2.05, 4.69) is 252 Å². The van der Waals surface area contributed by atoms with E-state index in [-0.39, 0.29) is 0 Å². The molecular formula is C60H44N2OS4. The number of hydrogen-bond acceptors (Lipinski definition) is 7. The van der Waals surface area contributed by atoms with Gasteiger partial charge >= 0.3 is 0 Å². The molecule has 0 spiro atoms. The van der Waals surface area contributed by atoms with E-state index in [0.29, 0.717) is 0 Å². The first-order valence-corrected chi connectivity index (χ1v) is 25.2. The van der Waals surface area contributed by atoms with Gasteiger partial charge in [-0.3, -0.25) is 0 Å². The third kappa shape index (κ3) is 11.5. The number of anilines is 6. The fourth-order valence-electron chi connectivity index (χ4n) is 7.51. The molecule has 0 aromatic heterocycles. The molecule has 0 saturated heterocycles. The Hall–Kier alpha value is -7.00. The molecule has 10 aromatic rings. The van der Waals surface area contributed by atoms with Crippen molar-refractivity contribution in [3.05, 3.63) is 267 Å². The summed E-state index contributed by atoms with van der Waals surface area (Å²) >= 11 is 7.06. The Balaban J connectivity index is 0.889. The highest BCUT2D eigenvalue weighted by atomic mass is 32.2. The van der Waals surface area contributed by atoms with Crippen LogP contribution in [0.4, 0.5) is 34.1 Å². The molecule has 10 rings (SSSR count). The summed E-state index contributed by atoms with van der Waals surface area (Å²) < 4.78 is 6.51. The van der Waals surface area contributed by atoms with E-state index < -0.39 is 0 Å². The summed E-state index contributed by atoms with van der Waals surface area (Å²) in [7, 11) is 0. The van der Waals surface area contributed by atoms with Crippen LogP contribution in [0.25, 0.3) is 0 Å². The van der Waals surface area contributed by atoms with Gasteiger partial charge in [0, 0.05) is 73.3 Å². The quantitative estimate of drug-likeness (QED) is 0.0947. The molecule has 0 aliphatic carbocycles. The van der Waals surface area contributed by atoms with E-state index in [1.54, 1.807) is 47.0 Å². The van der Waals surface area contributed by atoms with Crippen LogP contribution in [0.15, 0.2) is 306 Å². The molecule has 0 saturated carbocycles. The molecule has 0 fully saturated rings. The van der Waals surface area contributed by atoms with Gasteiger partial charge in [0.1, 0.15) is 11.5 Å². The van der Waals surface area contributed by atoms with Gasteiger partial charge in [-0.1, -0.05) is 120 Å². The second-order valence-corrected chi connectivity index (χ2v) is 20.0. The molecule has 0 radical (unpaired) electrons. The van der Waals surface area contributed by atoms with Crippen molar-refractivity contribution in [2.45, 2.75) is 39.2 Å². The molecule has 67 heavy (non-hydrogen) atoms. The van der Waals surface area contributed by atoms with E-state index in [0.717, 1.165) is 45.6 Å². The topological polar surface area (TPSA) is 15.7 Å². The molecule has 7 heteroatoms. The van der Waals surface area contributed by atoms with Crippen LogP contribution < -0.4 is 14.5 Å². The fraction of sp³-hybridized carbons (Fsp3) is 0. The van der Waals surface area contributed by atoms with Gasteiger partial charge in [0.05, 0.1) is 0 Å². The maximum absolute atomic E-state index is 6.51. The highest BCUT2D eigenvalue weighted by Gasteiger charge is 2.16. The fourth-order valence-corrected chi connectivity index (χ4v) is 10.9. The lowest BCUT2D eigenvalue weighted by Gasteiger charge is -2.26. The molecule has 10 aromatic carbocycles. The zero-order valence-corrected chi connectivity index (χ0v) is 39.6. The number of nitrogens with zero attached hydrogens (tertiary/aromatic N) is 2. The molecule has 0 unspecified atom stereocenters. The lowest BCUT2D eigenvalue weighted by molar-refractivity contribution is 0.483. The second kappa shape index (κ2) is 21.5. The molecule has 0 atom stereocenters. The van der Waals surface area contributed by atoms with E-state index in [1.807, 2.05) is 24.3 Å². The van der Waals surface area contributed by atoms with Gasteiger partial charge in [0.25, 0.3) is 0 Å². The summed E-state index contributed by atoms with van der Waals surface area (Å²) in [6, 6.07) is 93.8. The molecule has 0 amide bonds. The summed E-state index contributed by atoms with van der Waals surface area (Å²) in [6.07, 6.45) is 0. The van der Waals surface area contributed by atoms with E-state index in [9.17, 15) is 0 Å². The van der Waals surface area contributed by atoms with Gasteiger partial charge in [-0.05, 0) is 194 Å². The minimum atomic E-state index is 0.760. The van der Waals surface area contributed by atoms with Gasteiger partial charge in [0.15, 0.2) is 0 Å². The Morgan fingerprint density at radius 3 is 0.582 bits per heavy atom. The van der Waals surface area contributed by atoms with E-state index in [1.165, 1.54) is 39.2 Å². The van der Waals surface area contributed by atoms with Crippen molar-refractivity contribution in [3.8, 4) is 11.5 Å². The number of hydrogen-bond donors (Lipinski definition) is 0. The lowest BCUT2D eigenvalue weighted by atomic mass is 10.2. The highest BCUT2D eigenvalue weighted by Crippen LogP contribution is 2.41. The summed E-state index contributed by atoms with van der Waals surface area (Å²) in [5.74, 6) is 1.52. The van der Waals surface area contributed by atoms with Gasteiger partial charge in [-0.25, -0.2) is 0 Å². The smallest absolute Gasteiger partial charge is 0.127 e. The zero-order valence-electron chi connectivity index (χ0n) is 36.3. The molecule has 0 aliphatic heterocycles. The Morgan fingerprint density at radius 2 is 0.373 bits per heavy atom. The van der Waals surface area contributed by atoms with Crippen molar-refractivity contribution in [2.24, 2.45) is 0 Å². The van der Waals surface area contributed by atoms with Crippen molar-refractivity contribution in [2.75, 3.05) is 9.80 Å². The lowest BCUT2D eigenvalue weighted by Crippen LogP contribution is -2.10. The van der Waals surface area contributed by atoms with Gasteiger partial charge in [-0.15, -0.1) is 0 Å². The van der Waals surface area contributed by atoms with Gasteiger partial charge in [-0.2, -0.15) is 0 Å². The first-order valence-electron chi connectivity index (χ1n) is 22.0. The summed E-state index contributed by atoms with van der Waals surface area (Å²) in [4.78, 5) is 14.2. The van der Waals surface area contributed by atoms with E-state index >= 15 is 0 Å². The number of rotatable bonds is 16. The van der Waals surface area contributed by atoms with Crippen LogP contribution in [0.3, 0.4) is 0 Å². The van der Waals surface area contributed by atoms with Crippen molar-refractivity contribution < 1.29 is 4.74 Å². The van der Waals surface area contributed by atoms with E-state index in [4.69, 9.17) is 4.74 Å². The average Bonchev–Trinajstić information content (AvgIpc) is 3.38. The molecule has 3 nitrogen and oxygen atoms in total. The number of benzene rings is 10. The molecular weight excluding hydrogens is 893 g/mol. The highest BCUT2D eigenvalue weighted by molar-refractivity contribution is 8.00. The Morgan fingerprint density at radius 1 is 0.194 bits per heavy atom. The average molecular weight is 937 g/mol. The van der Waals surface area contributed by atoms with Crippen LogP contribution in [0, 0.1) is 0 Å². The minimum absolute atomic E-state index is 0.760. The van der Waals surface area contributed by atoms with Crippen LogP contribution in [-0.4, -0.2) is 0 Å². The Kier molecular flexibility index (Phi) is 14.1. The second-order valence-electron chi connectivity index (χ2n) is 15.4. The molecule has 0 bridgehead atoms. The molecule has 0 aliphatic rings. The minimum Gasteiger partial charge on any atom is -0.457 e. The maximum atomic E-state index is 6.51. The van der Waals surface area contributed by atoms with Crippen molar-refractivity contribution in [1.82, 2.24) is 0 Å². The zero-order chi connectivity index (χ0) is 45.0. The van der Waals surface area contributed by atoms with Gasteiger partial charge in [0.2, 0.25) is 0 Å². The maximum Gasteiger partial charge on any atom is 0.127 e. The van der Waals surface area contributed by atoms with Crippen LogP contribution >= 0.6 is 47.0 Å². The van der Waals surface area contributed by atoms with Crippen molar-refractivity contribution in [1.29, 1.82) is 0 Å². The monoisotopic (exact) mass is 936 g/mol. The third-order valence-electron chi connectivity index (χ3n) is 10.7. The van der Waals surface area contributed by atoms with Crippen LogP contribution in [0.2, 0.25) is 0 Å². The summed E-state index contributed by atoms with van der Waals surface area (Å²) in [5, 5.41) is 0. The van der Waals surface area contributed by atoms with Crippen molar-refractivity contribution in [3.63, 3.8) is 0 Å². The van der Waals surface area contributed by atoms with Crippen LogP contribution in [-0.2, 0) is 0 Å². The van der Waals surface area contributed by atoms with Crippen LogP contribution in [0.5, 0.6) is 11.5 Å². The van der Waals surface area contributed by atoms with Crippen molar-refractivity contribution >= 4 is 81.2 Å². The van der Waals surface area contributed by atoms with Crippen LogP contribution in [0.1, 0.15) is 0 Å². The normalized spacial score (nSPS) is 10.9. The number of ether oxygens (including phenoxy) is 1. The molecule has 0 heterocycles. The summed E-state index contributed by atoms with van der Waals surface area (Å²) in [6.45, 7) is 0. The first-order chi connectivity index (χ1) is 33.1. The molecule has 324 valence electrons. The Bertz CT molecular complexity index is 2700. The standard InChI is InChI=1S/C60H44N2OS4/c1-5-13-53(14-6-1)64-57-37-25-47(26-38-57)61(48-27-39-58(40-28-48)65-54-15-7-2-8-16-54)45-21-33-51(34-22-45)63-52-35-23-46(24-36-52)62(49-29-41-59(42-30-49)66-55-17-9-3-10-18-55)50-31-43-60(44-32-50)67-56-19-11-4-12-20-56/h1-44H. The molecule has 0 N–H and O–H groups in total. The van der Waals surface area contributed by atoms with Gasteiger partial charge < -0.3 is 14.5 Å². The third-order valence-corrected chi connectivity index (χ3v) is 14.8. The predicted octanol–water partition coefficient (Wildman–Crippen LogP) is 19.0.